The molecule has 5 N–H and O–H groups in total. The second-order valence-electron chi connectivity index (χ2n) is 7.39. The lowest BCUT2D eigenvalue weighted by Crippen LogP contribution is -2.44. The average Bonchev–Trinajstić information content (AvgIpc) is 2.67. The molecule has 1 unspecified atom stereocenters. The molecule has 0 aliphatic carbocycles. The van der Waals surface area contributed by atoms with Crippen molar-refractivity contribution in [3.05, 3.63) is 58.6 Å². The second-order valence-corrected chi connectivity index (χ2v) is 9.58. The number of aliphatic hydroxyl groups is 1. The van der Waals surface area contributed by atoms with Crippen molar-refractivity contribution in [2.24, 2.45) is 5.73 Å². The fraction of sp³-hybridized carbons (Fsp3) is 0.400. The zero-order valence-electron chi connectivity index (χ0n) is 16.9. The maximum atomic E-state index is 12.8. The molecule has 2 aromatic rings. The molecule has 0 saturated heterocycles. The third-order valence-electron chi connectivity index (χ3n) is 4.76. The summed E-state index contributed by atoms with van der Waals surface area (Å²) < 4.78 is 55.0. The lowest BCUT2D eigenvalue weighted by Gasteiger charge is -2.27. The smallest absolute Gasteiger partial charge is 0.416 e. The Kier molecular flexibility index (Phi) is 10.5. The topological polar surface area (TPSA) is 113 Å². The summed E-state index contributed by atoms with van der Waals surface area (Å²) in [6, 6.07) is 9.26. The normalized spacial score (nSPS) is 13.9. The van der Waals surface area contributed by atoms with Gasteiger partial charge in [-0.2, -0.15) is 13.2 Å². The number of hydrogen-bond acceptors (Lipinski definition) is 4. The van der Waals surface area contributed by atoms with E-state index in [9.17, 15) is 22.8 Å². The Morgan fingerprint density at radius 3 is 2.28 bits per heavy atom. The molecule has 0 saturated carbocycles. The Morgan fingerprint density at radius 2 is 1.72 bits per heavy atom. The lowest BCUT2D eigenvalue weighted by atomic mass is 9.91. The van der Waals surface area contributed by atoms with Gasteiger partial charge in [0.05, 0.1) is 18.3 Å². The van der Waals surface area contributed by atoms with Gasteiger partial charge in [-0.05, 0) is 61.6 Å². The predicted octanol–water partition coefficient (Wildman–Crippen LogP) is 5.15. The van der Waals surface area contributed by atoms with Gasteiger partial charge in [-0.25, -0.2) is 0 Å². The Morgan fingerprint density at radius 1 is 1.06 bits per heavy atom. The molecule has 6 nitrogen and oxygen atoms in total. The molecule has 12 heteroatoms. The van der Waals surface area contributed by atoms with Crippen molar-refractivity contribution in [2.75, 3.05) is 12.8 Å². The number of rotatable bonds is 10. The van der Waals surface area contributed by atoms with Crippen LogP contribution in [0.2, 0.25) is 5.02 Å². The third-order valence-corrected chi connectivity index (χ3v) is 5.92. The van der Waals surface area contributed by atoms with Crippen molar-refractivity contribution in [3.8, 4) is 11.5 Å². The number of nitrogens with two attached hydrogens (primary N) is 1. The summed E-state index contributed by atoms with van der Waals surface area (Å²) in [6.07, 6.45) is -3.60. The average molecular weight is 518 g/mol. The highest BCUT2D eigenvalue weighted by molar-refractivity contribution is 7.51. The molecule has 0 heterocycles. The van der Waals surface area contributed by atoms with E-state index in [1.165, 1.54) is 18.2 Å². The van der Waals surface area contributed by atoms with E-state index >= 15 is 0 Å². The lowest BCUT2D eigenvalue weighted by molar-refractivity contribution is -0.137. The summed E-state index contributed by atoms with van der Waals surface area (Å²) in [5.41, 5.74) is 4.85. The summed E-state index contributed by atoms with van der Waals surface area (Å²) in [5.74, 6) is 0.304. The van der Waals surface area contributed by atoms with Gasteiger partial charge in [0, 0.05) is 10.6 Å². The number of halogens is 5. The van der Waals surface area contributed by atoms with Crippen molar-refractivity contribution in [1.29, 1.82) is 0 Å². The number of ether oxygens (including phenoxy) is 1. The minimum Gasteiger partial charge on any atom is -0.457 e. The minimum atomic E-state index is -4.47. The summed E-state index contributed by atoms with van der Waals surface area (Å²) in [5, 5.41) is 9.84. The molecular formula is C20H25Cl2F3NO5P. The second kappa shape index (κ2) is 11.7. The molecule has 0 fully saturated rings. The summed E-state index contributed by atoms with van der Waals surface area (Å²) in [7, 11) is -4.21. The fourth-order valence-electron chi connectivity index (χ4n) is 2.95. The number of benzene rings is 2. The van der Waals surface area contributed by atoms with E-state index in [1.807, 2.05) is 0 Å². The standard InChI is InChI=1S/C20H24ClF3NO5P.ClH/c21-18-12-17(30-16-5-1-4-15(11-16)20(22,23)24)7-6-14(18)3-2-8-19(25,13-26)9-10-31(27,28)29;/h1,4-7,11-12,26H,2-3,8-10,13,25H2,(H2,27,28,29);1H. The van der Waals surface area contributed by atoms with E-state index in [-0.39, 0.29) is 30.3 Å². The number of aliphatic hydroxyl groups excluding tert-OH is 1. The third kappa shape index (κ3) is 9.27. The van der Waals surface area contributed by atoms with Crippen LogP contribution in [0.4, 0.5) is 13.2 Å². The van der Waals surface area contributed by atoms with Gasteiger partial charge >= 0.3 is 13.8 Å². The Hall–Kier alpha value is -1.32. The van der Waals surface area contributed by atoms with E-state index in [2.05, 4.69) is 0 Å². The van der Waals surface area contributed by atoms with Crippen LogP contribution in [0.15, 0.2) is 42.5 Å². The molecule has 180 valence electrons. The number of hydrogen-bond donors (Lipinski definition) is 4. The Labute approximate surface area is 195 Å². The molecule has 32 heavy (non-hydrogen) atoms. The van der Waals surface area contributed by atoms with Crippen LogP contribution in [-0.2, 0) is 17.2 Å². The van der Waals surface area contributed by atoms with Crippen LogP contribution >= 0.6 is 31.6 Å². The number of aryl methyl sites for hydroxylation is 1. The highest BCUT2D eigenvalue weighted by Gasteiger charge is 2.30. The van der Waals surface area contributed by atoms with E-state index in [1.54, 1.807) is 12.1 Å². The van der Waals surface area contributed by atoms with Crippen molar-refractivity contribution in [3.63, 3.8) is 0 Å². The molecular weight excluding hydrogens is 493 g/mol. The van der Waals surface area contributed by atoms with Gasteiger partial charge in [0.25, 0.3) is 0 Å². The van der Waals surface area contributed by atoms with Crippen LogP contribution in [0, 0.1) is 0 Å². The van der Waals surface area contributed by atoms with Crippen molar-refractivity contribution in [2.45, 2.75) is 37.4 Å². The van der Waals surface area contributed by atoms with E-state index < -0.39 is 37.6 Å². The highest BCUT2D eigenvalue weighted by atomic mass is 35.5. The van der Waals surface area contributed by atoms with Crippen molar-refractivity contribution < 1.29 is 37.4 Å². The maximum absolute atomic E-state index is 12.8. The molecule has 0 aliphatic rings. The first-order valence-corrected chi connectivity index (χ1v) is 11.6. The fourth-order valence-corrected chi connectivity index (χ4v) is 3.95. The first-order valence-electron chi connectivity index (χ1n) is 9.39. The maximum Gasteiger partial charge on any atom is 0.416 e. The molecule has 0 bridgehead atoms. The van der Waals surface area contributed by atoms with Crippen LogP contribution in [0.1, 0.15) is 30.4 Å². The van der Waals surface area contributed by atoms with Gasteiger partial charge in [-0.15, -0.1) is 12.4 Å². The van der Waals surface area contributed by atoms with E-state index in [4.69, 9.17) is 31.9 Å². The van der Waals surface area contributed by atoms with Crippen LogP contribution in [-0.4, -0.2) is 33.2 Å². The first kappa shape index (κ1) is 28.7. The largest absolute Gasteiger partial charge is 0.457 e. The van der Waals surface area contributed by atoms with E-state index in [0.29, 0.717) is 24.3 Å². The molecule has 2 aromatic carbocycles. The van der Waals surface area contributed by atoms with E-state index in [0.717, 1.165) is 17.7 Å². The molecule has 0 aliphatic heterocycles. The Bertz CT molecular complexity index is 942. The Balaban J connectivity index is 0.00000512. The van der Waals surface area contributed by atoms with Gasteiger partial charge in [0.15, 0.2) is 0 Å². The van der Waals surface area contributed by atoms with Crippen molar-refractivity contribution >= 4 is 31.6 Å². The zero-order chi connectivity index (χ0) is 23.3. The highest BCUT2D eigenvalue weighted by Crippen LogP contribution is 2.37. The molecule has 1 atom stereocenters. The molecule has 2 rings (SSSR count). The first-order chi connectivity index (χ1) is 14.3. The van der Waals surface area contributed by atoms with Gasteiger partial charge in [-0.3, -0.25) is 4.57 Å². The molecule has 0 amide bonds. The summed E-state index contributed by atoms with van der Waals surface area (Å²) >= 11 is 6.26. The van der Waals surface area contributed by atoms with Crippen LogP contribution in [0.5, 0.6) is 11.5 Å². The predicted molar refractivity (Wildman–Crippen MR) is 119 cm³/mol. The van der Waals surface area contributed by atoms with Gasteiger partial charge in [0.1, 0.15) is 11.5 Å². The monoisotopic (exact) mass is 517 g/mol. The summed E-state index contributed by atoms with van der Waals surface area (Å²) in [6.45, 7) is -0.412. The molecule has 0 radical (unpaired) electrons. The quantitative estimate of drug-likeness (QED) is 0.324. The van der Waals surface area contributed by atoms with Gasteiger partial charge in [-0.1, -0.05) is 23.7 Å². The van der Waals surface area contributed by atoms with Crippen LogP contribution < -0.4 is 10.5 Å². The van der Waals surface area contributed by atoms with Crippen LogP contribution in [0.25, 0.3) is 0 Å². The minimum absolute atomic E-state index is 0. The molecule has 0 spiro atoms. The van der Waals surface area contributed by atoms with Gasteiger partial charge < -0.3 is 25.4 Å². The molecule has 0 aromatic heterocycles. The zero-order valence-corrected chi connectivity index (χ0v) is 19.4. The summed E-state index contributed by atoms with van der Waals surface area (Å²) in [4.78, 5) is 18.0. The number of alkyl halides is 3. The SMILES string of the molecule is Cl.NC(CO)(CCCc1ccc(Oc2cccc(C(F)(F)F)c2)cc1Cl)CCP(=O)(O)O. The van der Waals surface area contributed by atoms with Crippen molar-refractivity contribution in [1.82, 2.24) is 0 Å². The van der Waals surface area contributed by atoms with Gasteiger partial charge in [0.2, 0.25) is 0 Å². The van der Waals surface area contributed by atoms with Crippen LogP contribution in [0.3, 0.4) is 0 Å².